The van der Waals surface area contributed by atoms with Crippen LogP contribution in [0.4, 0.5) is 11.4 Å². The lowest BCUT2D eigenvalue weighted by Gasteiger charge is -2.22. The molecule has 25 heavy (non-hydrogen) atoms. The van der Waals surface area contributed by atoms with Gasteiger partial charge in [0.15, 0.2) is 0 Å². The first-order chi connectivity index (χ1) is 11.9. The van der Waals surface area contributed by atoms with Crippen LogP contribution < -0.4 is 10.2 Å². The van der Waals surface area contributed by atoms with E-state index in [4.69, 9.17) is 23.2 Å². The molecule has 0 saturated carbocycles. The third-order valence-corrected chi connectivity index (χ3v) is 4.37. The van der Waals surface area contributed by atoms with Crippen molar-refractivity contribution in [1.82, 2.24) is 0 Å². The molecule has 0 aliphatic rings. The molecule has 0 atom stereocenters. The van der Waals surface area contributed by atoms with E-state index in [9.17, 15) is 9.59 Å². The van der Waals surface area contributed by atoms with Crippen LogP contribution in [-0.4, -0.2) is 18.4 Å². The summed E-state index contributed by atoms with van der Waals surface area (Å²) in [4.78, 5) is 25.7. The molecule has 2 rings (SSSR count). The molecule has 0 aromatic heterocycles. The number of halogens is 2. The fourth-order valence-corrected chi connectivity index (χ4v) is 2.90. The van der Waals surface area contributed by atoms with E-state index >= 15 is 0 Å². The maximum Gasteiger partial charge on any atom is 0.226 e. The van der Waals surface area contributed by atoms with E-state index in [0.29, 0.717) is 15.7 Å². The number of carbonyl (C=O) groups excluding carboxylic acids is 2. The summed E-state index contributed by atoms with van der Waals surface area (Å²) in [6, 6.07) is 12.6. The Balaban J connectivity index is 2.07. The second-order valence-electron chi connectivity index (χ2n) is 5.58. The first kappa shape index (κ1) is 19.3. The molecule has 2 aromatic rings. The molecule has 4 nitrogen and oxygen atoms in total. The van der Waals surface area contributed by atoms with Gasteiger partial charge in [-0.15, -0.1) is 0 Å². The molecule has 0 aliphatic heterocycles. The highest BCUT2D eigenvalue weighted by molar-refractivity contribution is 6.35. The minimum absolute atomic E-state index is 0.153. The molecular weight excluding hydrogens is 359 g/mol. The van der Waals surface area contributed by atoms with Crippen LogP contribution in [0.3, 0.4) is 0 Å². The highest BCUT2D eigenvalue weighted by Crippen LogP contribution is 2.29. The predicted octanol–water partition coefficient (Wildman–Crippen LogP) is 4.94. The molecule has 2 amide bonds. The Bertz CT molecular complexity index is 778. The van der Waals surface area contributed by atoms with Gasteiger partial charge in [0.05, 0.1) is 10.7 Å². The van der Waals surface area contributed by atoms with Crippen molar-refractivity contribution in [3.63, 3.8) is 0 Å². The molecule has 0 radical (unpaired) electrons. The average Bonchev–Trinajstić information content (AvgIpc) is 2.58. The van der Waals surface area contributed by atoms with Gasteiger partial charge in [-0.25, -0.2) is 0 Å². The van der Waals surface area contributed by atoms with Gasteiger partial charge in [-0.05, 0) is 36.2 Å². The summed E-state index contributed by atoms with van der Waals surface area (Å²) in [5.41, 5.74) is 2.37. The third kappa shape index (κ3) is 5.21. The molecule has 0 saturated heterocycles. The zero-order chi connectivity index (χ0) is 18.4. The summed E-state index contributed by atoms with van der Waals surface area (Å²) in [5, 5.41) is 3.79. The second kappa shape index (κ2) is 8.88. The van der Waals surface area contributed by atoms with Gasteiger partial charge in [-0.1, -0.05) is 48.3 Å². The Labute approximate surface area is 157 Å². The van der Waals surface area contributed by atoms with E-state index in [-0.39, 0.29) is 24.8 Å². The largest absolute Gasteiger partial charge is 0.326 e. The summed E-state index contributed by atoms with van der Waals surface area (Å²) in [5.74, 6) is -0.365. The topological polar surface area (TPSA) is 49.4 Å². The summed E-state index contributed by atoms with van der Waals surface area (Å²) < 4.78 is 0. The first-order valence-corrected chi connectivity index (χ1v) is 8.79. The Morgan fingerprint density at radius 3 is 2.52 bits per heavy atom. The van der Waals surface area contributed by atoms with Crippen molar-refractivity contribution in [3.05, 3.63) is 58.1 Å². The Hall–Kier alpha value is -2.04. The summed E-state index contributed by atoms with van der Waals surface area (Å²) in [6.45, 7) is 3.68. The van der Waals surface area contributed by atoms with Crippen molar-refractivity contribution in [2.24, 2.45) is 0 Å². The van der Waals surface area contributed by atoms with Gasteiger partial charge in [-0.3, -0.25) is 9.59 Å². The molecule has 0 heterocycles. The summed E-state index contributed by atoms with van der Waals surface area (Å²) >= 11 is 12.2. The predicted molar refractivity (Wildman–Crippen MR) is 104 cm³/mol. The van der Waals surface area contributed by atoms with Gasteiger partial charge >= 0.3 is 0 Å². The standard InChI is InChI=1S/C19H20Cl2N2O2/c1-3-14-6-4-5-7-17(14)22-19(25)10-11-23(13(2)24)18-12-15(20)8-9-16(18)21/h4-9,12H,3,10-11H2,1-2H3,(H,22,25). The van der Waals surface area contributed by atoms with Crippen LogP contribution in [0.5, 0.6) is 0 Å². The lowest BCUT2D eigenvalue weighted by molar-refractivity contribution is -0.117. The number of nitrogens with one attached hydrogen (secondary N) is 1. The number of para-hydroxylation sites is 1. The molecule has 6 heteroatoms. The number of aryl methyl sites for hydroxylation is 1. The van der Waals surface area contributed by atoms with Crippen LogP contribution in [0.2, 0.25) is 10.0 Å². The van der Waals surface area contributed by atoms with Crippen LogP contribution in [-0.2, 0) is 16.0 Å². The summed E-state index contributed by atoms with van der Waals surface area (Å²) in [7, 11) is 0. The van der Waals surface area contributed by atoms with Gasteiger partial charge in [-0.2, -0.15) is 0 Å². The number of anilines is 2. The fourth-order valence-electron chi connectivity index (χ4n) is 2.52. The van der Waals surface area contributed by atoms with E-state index in [1.54, 1.807) is 18.2 Å². The van der Waals surface area contributed by atoms with Gasteiger partial charge < -0.3 is 10.2 Å². The van der Waals surface area contributed by atoms with Crippen molar-refractivity contribution in [2.45, 2.75) is 26.7 Å². The van der Waals surface area contributed by atoms with Crippen LogP contribution in [0.15, 0.2) is 42.5 Å². The van der Waals surface area contributed by atoms with Crippen LogP contribution in [0.25, 0.3) is 0 Å². The fraction of sp³-hybridized carbons (Fsp3) is 0.263. The van der Waals surface area contributed by atoms with Crippen molar-refractivity contribution in [1.29, 1.82) is 0 Å². The molecule has 0 aliphatic carbocycles. The number of amides is 2. The molecule has 1 N–H and O–H groups in total. The molecule has 0 unspecified atom stereocenters. The molecule has 2 aromatic carbocycles. The maximum atomic E-state index is 12.3. The van der Waals surface area contributed by atoms with Gasteiger partial charge in [0.2, 0.25) is 11.8 Å². The monoisotopic (exact) mass is 378 g/mol. The zero-order valence-electron chi connectivity index (χ0n) is 14.2. The average molecular weight is 379 g/mol. The third-order valence-electron chi connectivity index (χ3n) is 3.81. The quantitative estimate of drug-likeness (QED) is 0.773. The van der Waals surface area contributed by atoms with Gasteiger partial charge in [0, 0.05) is 30.6 Å². The van der Waals surface area contributed by atoms with E-state index < -0.39 is 0 Å². The Morgan fingerprint density at radius 1 is 1.12 bits per heavy atom. The lowest BCUT2D eigenvalue weighted by atomic mass is 10.1. The summed E-state index contributed by atoms with van der Waals surface area (Å²) in [6.07, 6.45) is 0.981. The van der Waals surface area contributed by atoms with Crippen LogP contribution in [0.1, 0.15) is 25.8 Å². The van der Waals surface area contributed by atoms with Gasteiger partial charge in [0.1, 0.15) is 0 Å². The van der Waals surface area contributed by atoms with Crippen molar-refractivity contribution >= 4 is 46.4 Å². The number of carbonyl (C=O) groups is 2. The lowest BCUT2D eigenvalue weighted by Crippen LogP contribution is -2.32. The number of benzene rings is 2. The first-order valence-electron chi connectivity index (χ1n) is 8.03. The number of hydrogen-bond donors (Lipinski definition) is 1. The molecule has 0 spiro atoms. The number of hydrogen-bond acceptors (Lipinski definition) is 2. The molecular formula is C19H20Cl2N2O2. The zero-order valence-corrected chi connectivity index (χ0v) is 15.7. The highest BCUT2D eigenvalue weighted by Gasteiger charge is 2.17. The van der Waals surface area contributed by atoms with E-state index in [1.807, 2.05) is 31.2 Å². The minimum Gasteiger partial charge on any atom is -0.326 e. The van der Waals surface area contributed by atoms with Crippen molar-refractivity contribution in [3.8, 4) is 0 Å². The van der Waals surface area contributed by atoms with E-state index in [0.717, 1.165) is 17.7 Å². The van der Waals surface area contributed by atoms with Gasteiger partial charge in [0.25, 0.3) is 0 Å². The maximum absolute atomic E-state index is 12.3. The molecule has 0 bridgehead atoms. The smallest absolute Gasteiger partial charge is 0.226 e. The van der Waals surface area contributed by atoms with Crippen LogP contribution in [0, 0.1) is 0 Å². The highest BCUT2D eigenvalue weighted by atomic mass is 35.5. The molecule has 132 valence electrons. The minimum atomic E-state index is -0.203. The Kier molecular flexibility index (Phi) is 6.85. The normalized spacial score (nSPS) is 10.4. The molecule has 0 fully saturated rings. The van der Waals surface area contributed by atoms with E-state index in [1.165, 1.54) is 11.8 Å². The number of nitrogens with zero attached hydrogens (tertiary/aromatic N) is 1. The van der Waals surface area contributed by atoms with Crippen molar-refractivity contribution in [2.75, 3.05) is 16.8 Å². The second-order valence-corrected chi connectivity index (χ2v) is 6.42. The van der Waals surface area contributed by atoms with Crippen molar-refractivity contribution < 1.29 is 9.59 Å². The SMILES string of the molecule is CCc1ccccc1NC(=O)CCN(C(C)=O)c1cc(Cl)ccc1Cl. The number of rotatable bonds is 6. The van der Waals surface area contributed by atoms with E-state index in [2.05, 4.69) is 5.32 Å². The van der Waals surface area contributed by atoms with Crippen LogP contribution >= 0.6 is 23.2 Å². The Morgan fingerprint density at radius 2 is 1.84 bits per heavy atom.